The summed E-state index contributed by atoms with van der Waals surface area (Å²) in [7, 11) is 0. The summed E-state index contributed by atoms with van der Waals surface area (Å²) in [4.78, 5) is 15.3. The van der Waals surface area contributed by atoms with Gasteiger partial charge < -0.3 is 4.74 Å². The van der Waals surface area contributed by atoms with Crippen molar-refractivity contribution in [1.29, 1.82) is 0 Å². The Bertz CT molecular complexity index is 443. The summed E-state index contributed by atoms with van der Waals surface area (Å²) in [5.41, 5.74) is 0.0889. The summed E-state index contributed by atoms with van der Waals surface area (Å²) in [6.07, 6.45) is -1.48. The summed E-state index contributed by atoms with van der Waals surface area (Å²) < 4.78 is 31.3. The smallest absolute Gasteiger partial charge is 0.310 e. The number of nitrogens with zero attached hydrogens (tertiary/aromatic N) is 1. The van der Waals surface area contributed by atoms with Crippen LogP contribution in [0.15, 0.2) is 6.20 Å². The first-order valence-corrected chi connectivity index (χ1v) is 6.78. The SMILES string of the molecule is CCOC(=O)Cc1c(I)cnc(CCl)c1C(F)F. The molecule has 0 saturated carbocycles. The van der Waals surface area contributed by atoms with Crippen LogP contribution >= 0.6 is 34.2 Å². The zero-order chi connectivity index (χ0) is 13.7. The Morgan fingerprint density at radius 2 is 2.28 bits per heavy atom. The molecule has 1 heterocycles. The number of pyridine rings is 1. The number of esters is 1. The number of hydrogen-bond donors (Lipinski definition) is 0. The van der Waals surface area contributed by atoms with E-state index in [1.807, 2.05) is 22.6 Å². The molecule has 0 N–H and O–H groups in total. The molecule has 0 radical (unpaired) electrons. The van der Waals surface area contributed by atoms with Crippen molar-refractivity contribution in [2.24, 2.45) is 0 Å². The molecule has 0 bridgehead atoms. The Balaban J connectivity index is 3.18. The maximum Gasteiger partial charge on any atom is 0.310 e. The van der Waals surface area contributed by atoms with Gasteiger partial charge in [0.2, 0.25) is 0 Å². The van der Waals surface area contributed by atoms with Crippen LogP contribution in [0.3, 0.4) is 0 Å². The molecular formula is C11H11ClF2INO2. The van der Waals surface area contributed by atoms with Gasteiger partial charge in [0.1, 0.15) is 0 Å². The number of carbonyl (C=O) groups is 1. The van der Waals surface area contributed by atoms with Gasteiger partial charge in [-0.1, -0.05) is 0 Å². The molecule has 0 amide bonds. The van der Waals surface area contributed by atoms with Crippen molar-refractivity contribution in [3.63, 3.8) is 0 Å². The molecule has 0 fully saturated rings. The van der Waals surface area contributed by atoms with Crippen molar-refractivity contribution in [3.05, 3.63) is 26.6 Å². The topological polar surface area (TPSA) is 39.2 Å². The number of alkyl halides is 3. The second kappa shape index (κ2) is 7.18. The first kappa shape index (κ1) is 15.6. The standard InChI is InChI=1S/C11H11ClF2INO2/c1-2-18-9(17)3-6-7(15)5-16-8(4-12)10(6)11(13)14/h5,11H,2-4H2,1H3. The summed E-state index contributed by atoms with van der Waals surface area (Å²) in [6.45, 7) is 1.88. The minimum atomic E-state index is -2.72. The lowest BCUT2D eigenvalue weighted by Gasteiger charge is -2.13. The normalized spacial score (nSPS) is 10.8. The Hall–Kier alpha value is -0.500. The van der Waals surface area contributed by atoms with Gasteiger partial charge in [-0.25, -0.2) is 8.78 Å². The Kier molecular flexibility index (Phi) is 6.20. The van der Waals surface area contributed by atoms with E-state index in [0.717, 1.165) is 0 Å². The van der Waals surface area contributed by atoms with E-state index in [1.54, 1.807) is 6.92 Å². The second-order valence-corrected chi connectivity index (χ2v) is 4.79. The van der Waals surface area contributed by atoms with Crippen LogP contribution in [0, 0.1) is 3.57 Å². The summed E-state index contributed by atoms with van der Waals surface area (Å²) in [5.74, 6) is -0.657. The van der Waals surface area contributed by atoms with Gasteiger partial charge in [0.05, 0.1) is 24.6 Å². The molecule has 0 aliphatic rings. The fraction of sp³-hybridized carbons (Fsp3) is 0.455. The van der Waals surface area contributed by atoms with Crippen molar-refractivity contribution < 1.29 is 18.3 Å². The first-order valence-electron chi connectivity index (χ1n) is 5.17. The maximum absolute atomic E-state index is 13.0. The molecular weight excluding hydrogens is 378 g/mol. The van der Waals surface area contributed by atoms with E-state index in [0.29, 0.717) is 3.57 Å². The third kappa shape index (κ3) is 3.74. The third-order valence-electron chi connectivity index (χ3n) is 2.23. The van der Waals surface area contributed by atoms with E-state index in [2.05, 4.69) is 4.98 Å². The molecule has 0 unspecified atom stereocenters. The Morgan fingerprint density at radius 1 is 1.61 bits per heavy atom. The molecule has 1 aromatic heterocycles. The van der Waals surface area contributed by atoms with Crippen molar-refractivity contribution in [2.45, 2.75) is 25.7 Å². The molecule has 0 spiro atoms. The largest absolute Gasteiger partial charge is 0.466 e. The van der Waals surface area contributed by atoms with Crippen LogP contribution in [-0.4, -0.2) is 17.6 Å². The summed E-state index contributed by atoms with van der Waals surface area (Å²) in [6, 6.07) is 0. The van der Waals surface area contributed by atoms with Gasteiger partial charge in [0, 0.05) is 15.3 Å². The van der Waals surface area contributed by atoms with Crippen LogP contribution in [0.25, 0.3) is 0 Å². The van der Waals surface area contributed by atoms with Crippen molar-refractivity contribution >= 4 is 40.2 Å². The van der Waals surface area contributed by atoms with Gasteiger partial charge in [0.15, 0.2) is 0 Å². The number of aromatic nitrogens is 1. The average molecular weight is 390 g/mol. The van der Waals surface area contributed by atoms with E-state index in [1.165, 1.54) is 6.20 Å². The molecule has 0 aliphatic carbocycles. The monoisotopic (exact) mass is 389 g/mol. The van der Waals surface area contributed by atoms with E-state index in [4.69, 9.17) is 16.3 Å². The quantitative estimate of drug-likeness (QED) is 0.440. The van der Waals surface area contributed by atoms with Crippen LogP contribution in [0.5, 0.6) is 0 Å². The van der Waals surface area contributed by atoms with E-state index >= 15 is 0 Å². The lowest BCUT2D eigenvalue weighted by molar-refractivity contribution is -0.142. The minimum absolute atomic E-state index is 0.103. The fourth-order valence-electron chi connectivity index (χ4n) is 1.49. The lowest BCUT2D eigenvalue weighted by atomic mass is 10.0. The molecule has 7 heteroatoms. The molecule has 3 nitrogen and oxygen atoms in total. The highest BCUT2D eigenvalue weighted by Crippen LogP contribution is 2.30. The van der Waals surface area contributed by atoms with Gasteiger partial charge in [-0.05, 0) is 35.1 Å². The van der Waals surface area contributed by atoms with Crippen LogP contribution in [0.4, 0.5) is 8.78 Å². The van der Waals surface area contributed by atoms with Crippen LogP contribution in [-0.2, 0) is 21.8 Å². The highest BCUT2D eigenvalue weighted by molar-refractivity contribution is 14.1. The number of halogens is 4. The second-order valence-electron chi connectivity index (χ2n) is 3.36. The summed E-state index contributed by atoms with van der Waals surface area (Å²) >= 11 is 7.45. The van der Waals surface area contributed by atoms with Crippen molar-refractivity contribution in [2.75, 3.05) is 6.61 Å². The zero-order valence-corrected chi connectivity index (χ0v) is 12.5. The van der Waals surface area contributed by atoms with Gasteiger partial charge in [-0.15, -0.1) is 11.6 Å². The molecule has 1 rings (SSSR count). The van der Waals surface area contributed by atoms with Gasteiger partial charge >= 0.3 is 5.97 Å². The number of rotatable bonds is 5. The molecule has 0 atom stereocenters. The first-order chi connectivity index (χ1) is 8.51. The van der Waals surface area contributed by atoms with Crippen LogP contribution in [0.1, 0.15) is 30.2 Å². The minimum Gasteiger partial charge on any atom is -0.466 e. The van der Waals surface area contributed by atoms with Gasteiger partial charge in [0.25, 0.3) is 6.43 Å². The molecule has 0 aromatic carbocycles. The van der Waals surface area contributed by atoms with E-state index in [-0.39, 0.29) is 35.7 Å². The van der Waals surface area contributed by atoms with Crippen LogP contribution in [0.2, 0.25) is 0 Å². The van der Waals surface area contributed by atoms with Crippen molar-refractivity contribution in [3.8, 4) is 0 Å². The third-order valence-corrected chi connectivity index (χ3v) is 3.41. The number of hydrogen-bond acceptors (Lipinski definition) is 3. The Labute approximate surface area is 122 Å². The molecule has 1 aromatic rings. The van der Waals surface area contributed by atoms with E-state index < -0.39 is 12.4 Å². The Morgan fingerprint density at radius 3 is 2.78 bits per heavy atom. The zero-order valence-electron chi connectivity index (χ0n) is 9.55. The highest BCUT2D eigenvalue weighted by Gasteiger charge is 2.23. The molecule has 18 heavy (non-hydrogen) atoms. The maximum atomic E-state index is 13.0. The lowest BCUT2D eigenvalue weighted by Crippen LogP contribution is -2.13. The molecule has 0 saturated heterocycles. The van der Waals surface area contributed by atoms with Gasteiger partial charge in [-0.3, -0.25) is 9.78 Å². The average Bonchev–Trinajstić information content (AvgIpc) is 2.31. The highest BCUT2D eigenvalue weighted by atomic mass is 127. The van der Waals surface area contributed by atoms with Crippen LogP contribution < -0.4 is 0 Å². The molecule has 100 valence electrons. The van der Waals surface area contributed by atoms with Crippen molar-refractivity contribution in [1.82, 2.24) is 4.98 Å². The van der Waals surface area contributed by atoms with Gasteiger partial charge in [-0.2, -0.15) is 0 Å². The summed E-state index contributed by atoms with van der Waals surface area (Å²) in [5, 5.41) is 0. The predicted octanol–water partition coefficient (Wildman–Crippen LogP) is 3.47. The fourth-order valence-corrected chi connectivity index (χ4v) is 2.32. The number of carbonyl (C=O) groups excluding carboxylic acids is 1. The molecule has 0 aliphatic heterocycles. The van der Waals surface area contributed by atoms with E-state index in [9.17, 15) is 13.6 Å². The predicted molar refractivity (Wildman–Crippen MR) is 71.8 cm³/mol. The number of ether oxygens (including phenoxy) is 1.